The summed E-state index contributed by atoms with van der Waals surface area (Å²) < 4.78 is 4.94. The first-order valence-electron chi connectivity index (χ1n) is 3.62. The smallest absolute Gasteiger partial charge is 0.158 e. The Labute approximate surface area is 67.6 Å². The Balaban J connectivity index is 3.21. The largest absolute Gasteiger partial charge is 0.370 e. The molecule has 0 radical (unpaired) electrons. The highest BCUT2D eigenvalue weighted by atomic mass is 16.5. The number of hydrogen-bond donors (Lipinski definition) is 0. The van der Waals surface area contributed by atoms with Gasteiger partial charge in [0.25, 0.3) is 0 Å². The van der Waals surface area contributed by atoms with Crippen LogP contribution in [0.4, 0.5) is 0 Å². The van der Waals surface area contributed by atoms with Gasteiger partial charge in [0, 0.05) is 6.42 Å². The van der Waals surface area contributed by atoms with E-state index in [-0.39, 0.29) is 12.4 Å². The van der Waals surface area contributed by atoms with Crippen molar-refractivity contribution in [3.05, 3.63) is 25.3 Å². The average molecular weight is 154 g/mol. The molecule has 0 spiro atoms. The van der Waals surface area contributed by atoms with Gasteiger partial charge in [-0.05, 0) is 6.42 Å². The van der Waals surface area contributed by atoms with Crippen LogP contribution in [-0.4, -0.2) is 19.0 Å². The Hall–Kier alpha value is -0.890. The van der Waals surface area contributed by atoms with Crippen LogP contribution in [0, 0.1) is 0 Å². The zero-order valence-corrected chi connectivity index (χ0v) is 6.71. The molecule has 11 heavy (non-hydrogen) atoms. The highest BCUT2D eigenvalue weighted by Gasteiger charge is 1.98. The summed E-state index contributed by atoms with van der Waals surface area (Å²) in [6, 6.07) is 0. The lowest BCUT2D eigenvalue weighted by atomic mass is 10.2. The molecule has 0 saturated heterocycles. The van der Waals surface area contributed by atoms with Gasteiger partial charge in [0.2, 0.25) is 0 Å². The molecule has 0 amide bonds. The molecule has 0 fully saturated rings. The minimum absolute atomic E-state index is 0.117. The van der Waals surface area contributed by atoms with Crippen molar-refractivity contribution >= 4 is 5.78 Å². The second-order valence-electron chi connectivity index (χ2n) is 2.17. The molecule has 0 aliphatic heterocycles. The van der Waals surface area contributed by atoms with Gasteiger partial charge in [0.05, 0.1) is 6.61 Å². The van der Waals surface area contributed by atoms with Gasteiger partial charge in [0.15, 0.2) is 5.78 Å². The van der Waals surface area contributed by atoms with Crippen LogP contribution in [0.5, 0.6) is 0 Å². The van der Waals surface area contributed by atoms with Crippen LogP contribution in [0.2, 0.25) is 0 Å². The average Bonchev–Trinajstić information content (AvgIpc) is 2.01. The Bertz CT molecular complexity index is 138. The number of carbonyl (C=O) groups is 1. The third-order valence-corrected chi connectivity index (χ3v) is 1.13. The molecule has 0 unspecified atom stereocenters. The predicted molar refractivity (Wildman–Crippen MR) is 45.5 cm³/mol. The van der Waals surface area contributed by atoms with Crippen molar-refractivity contribution in [1.29, 1.82) is 0 Å². The molecule has 2 nitrogen and oxygen atoms in total. The fourth-order valence-electron chi connectivity index (χ4n) is 0.591. The maximum atomic E-state index is 10.9. The third-order valence-electron chi connectivity index (χ3n) is 1.13. The van der Waals surface area contributed by atoms with Gasteiger partial charge in [-0.25, -0.2) is 0 Å². The molecule has 62 valence electrons. The van der Waals surface area contributed by atoms with Crippen molar-refractivity contribution in [2.75, 3.05) is 13.2 Å². The van der Waals surface area contributed by atoms with E-state index in [9.17, 15) is 4.79 Å². The van der Waals surface area contributed by atoms with Crippen LogP contribution in [0.3, 0.4) is 0 Å². The van der Waals surface area contributed by atoms with E-state index >= 15 is 0 Å². The van der Waals surface area contributed by atoms with Crippen molar-refractivity contribution in [1.82, 2.24) is 0 Å². The van der Waals surface area contributed by atoms with Gasteiger partial charge in [-0.1, -0.05) is 12.2 Å². The first kappa shape index (κ1) is 10.1. The zero-order chi connectivity index (χ0) is 8.53. The summed E-state index contributed by atoms with van der Waals surface area (Å²) in [5, 5.41) is 0. The Kier molecular flexibility index (Phi) is 6.64. The number of ether oxygens (including phenoxy) is 1. The van der Waals surface area contributed by atoms with E-state index < -0.39 is 0 Å². The van der Waals surface area contributed by atoms with E-state index in [1.807, 2.05) is 0 Å². The fourth-order valence-corrected chi connectivity index (χ4v) is 0.591. The minimum atomic E-state index is 0.117. The highest BCUT2D eigenvalue weighted by molar-refractivity contribution is 5.79. The number of rotatable bonds is 7. The molecule has 2 heteroatoms. The Morgan fingerprint density at radius 3 is 2.64 bits per heavy atom. The molecule has 0 atom stereocenters. The summed E-state index contributed by atoms with van der Waals surface area (Å²) in [4.78, 5) is 10.9. The van der Waals surface area contributed by atoms with Crippen LogP contribution >= 0.6 is 0 Å². The quantitative estimate of drug-likeness (QED) is 0.412. The summed E-state index contributed by atoms with van der Waals surface area (Å²) in [5.74, 6) is 0.117. The third kappa shape index (κ3) is 7.00. The van der Waals surface area contributed by atoms with E-state index in [4.69, 9.17) is 4.74 Å². The van der Waals surface area contributed by atoms with E-state index in [1.165, 1.54) is 0 Å². The lowest BCUT2D eigenvalue weighted by Gasteiger charge is -1.97. The number of carbonyl (C=O) groups excluding carboxylic acids is 1. The molecule has 0 heterocycles. The number of hydrogen-bond acceptors (Lipinski definition) is 2. The molecule has 0 saturated carbocycles. The number of Topliss-reactive ketones (excluding diaryl/α,β-unsaturated/α-hetero) is 1. The van der Waals surface area contributed by atoms with Crippen LogP contribution in [-0.2, 0) is 9.53 Å². The molecule has 0 aliphatic rings. The van der Waals surface area contributed by atoms with Crippen molar-refractivity contribution in [3.8, 4) is 0 Å². The molecule has 0 aromatic heterocycles. The molecule has 0 N–H and O–H groups in total. The maximum absolute atomic E-state index is 10.9. The van der Waals surface area contributed by atoms with Crippen molar-refractivity contribution < 1.29 is 9.53 Å². The van der Waals surface area contributed by atoms with Crippen LogP contribution in [0.15, 0.2) is 25.3 Å². The van der Waals surface area contributed by atoms with Gasteiger partial charge in [-0.3, -0.25) is 4.79 Å². The van der Waals surface area contributed by atoms with Crippen molar-refractivity contribution in [2.24, 2.45) is 0 Å². The maximum Gasteiger partial charge on any atom is 0.158 e. The van der Waals surface area contributed by atoms with Gasteiger partial charge in [-0.15, -0.1) is 13.2 Å². The van der Waals surface area contributed by atoms with Crippen LogP contribution in [0.1, 0.15) is 12.8 Å². The number of allylic oxidation sites excluding steroid dienone is 1. The van der Waals surface area contributed by atoms with E-state index in [1.54, 1.807) is 12.2 Å². The summed E-state index contributed by atoms with van der Waals surface area (Å²) in [7, 11) is 0. The summed E-state index contributed by atoms with van der Waals surface area (Å²) >= 11 is 0. The topological polar surface area (TPSA) is 26.3 Å². The second-order valence-corrected chi connectivity index (χ2v) is 2.17. The standard InChI is InChI=1S/C9H14O2/c1-3-5-6-9(10)8-11-7-4-2/h3-4H,1-2,5-8H2. The highest BCUT2D eigenvalue weighted by Crippen LogP contribution is 1.91. The second kappa shape index (κ2) is 7.22. The van der Waals surface area contributed by atoms with Crippen molar-refractivity contribution in [2.45, 2.75) is 12.8 Å². The first-order chi connectivity index (χ1) is 5.31. The van der Waals surface area contributed by atoms with E-state index in [0.29, 0.717) is 13.0 Å². The first-order valence-corrected chi connectivity index (χ1v) is 3.62. The Morgan fingerprint density at radius 1 is 1.36 bits per heavy atom. The van der Waals surface area contributed by atoms with E-state index in [0.717, 1.165) is 6.42 Å². The lowest BCUT2D eigenvalue weighted by Crippen LogP contribution is -2.07. The normalized spacial score (nSPS) is 9.09. The molecule has 0 aliphatic carbocycles. The van der Waals surface area contributed by atoms with Gasteiger partial charge < -0.3 is 4.74 Å². The van der Waals surface area contributed by atoms with Crippen LogP contribution in [0.25, 0.3) is 0 Å². The van der Waals surface area contributed by atoms with Crippen LogP contribution < -0.4 is 0 Å². The molecule has 0 rings (SSSR count). The number of ketones is 1. The summed E-state index contributed by atoms with van der Waals surface area (Å²) in [5.41, 5.74) is 0. The van der Waals surface area contributed by atoms with Gasteiger partial charge in [-0.2, -0.15) is 0 Å². The molecule has 0 bridgehead atoms. The van der Waals surface area contributed by atoms with E-state index in [2.05, 4.69) is 13.2 Å². The SMILES string of the molecule is C=CCCC(=O)COCC=C. The zero-order valence-electron chi connectivity index (χ0n) is 6.71. The minimum Gasteiger partial charge on any atom is -0.370 e. The lowest BCUT2D eigenvalue weighted by molar-refractivity contribution is -0.123. The van der Waals surface area contributed by atoms with Gasteiger partial charge >= 0.3 is 0 Å². The summed E-state index contributed by atoms with van der Waals surface area (Å²) in [6.45, 7) is 7.63. The van der Waals surface area contributed by atoms with Gasteiger partial charge in [0.1, 0.15) is 6.61 Å². The molecular formula is C9H14O2. The fraction of sp³-hybridized carbons (Fsp3) is 0.444. The molecule has 0 aromatic rings. The van der Waals surface area contributed by atoms with Crippen molar-refractivity contribution in [3.63, 3.8) is 0 Å². The monoisotopic (exact) mass is 154 g/mol. The molecule has 0 aromatic carbocycles. The predicted octanol–water partition coefficient (Wildman–Crippen LogP) is 1.72. The Morgan fingerprint density at radius 2 is 2.09 bits per heavy atom. The molecular weight excluding hydrogens is 140 g/mol. The summed E-state index contributed by atoms with van der Waals surface area (Å²) in [6.07, 6.45) is 4.61.